The molecule has 1 aliphatic carbocycles. The maximum atomic E-state index is 14.1. The van der Waals surface area contributed by atoms with Gasteiger partial charge in [0.15, 0.2) is 0 Å². The molecule has 16 heavy (non-hydrogen) atoms. The smallest absolute Gasteiger partial charge is 0.251 e. The zero-order chi connectivity index (χ0) is 11.4. The van der Waals surface area contributed by atoms with Gasteiger partial charge in [0.1, 0.15) is 0 Å². The fourth-order valence-corrected chi connectivity index (χ4v) is 3.14. The van der Waals surface area contributed by atoms with E-state index in [4.69, 9.17) is 0 Å². The second-order valence-electron chi connectivity index (χ2n) is 5.51. The lowest BCUT2D eigenvalue weighted by molar-refractivity contribution is -0.0805. The molecule has 0 spiro atoms. The van der Waals surface area contributed by atoms with Gasteiger partial charge in [-0.2, -0.15) is 0 Å². The van der Waals surface area contributed by atoms with Crippen LogP contribution in [0.5, 0.6) is 0 Å². The number of rotatable bonds is 3. The number of hydrogen-bond donors (Lipinski definition) is 1. The van der Waals surface area contributed by atoms with Gasteiger partial charge in [0, 0.05) is 12.3 Å². The van der Waals surface area contributed by atoms with Gasteiger partial charge in [0.05, 0.1) is 0 Å². The number of hydrogen-bond acceptors (Lipinski definition) is 1. The first-order chi connectivity index (χ1) is 7.68. The predicted molar refractivity (Wildman–Crippen MR) is 61.7 cm³/mol. The van der Waals surface area contributed by atoms with Crippen molar-refractivity contribution < 1.29 is 8.78 Å². The first-order valence-corrected chi connectivity index (χ1v) is 6.77. The van der Waals surface area contributed by atoms with Crippen LogP contribution in [0.4, 0.5) is 8.78 Å². The molecule has 2 fully saturated rings. The molecule has 1 saturated heterocycles. The molecule has 3 heteroatoms. The molecule has 0 aromatic heterocycles. The average Bonchev–Trinajstić information content (AvgIpc) is 2.56. The number of alkyl halides is 2. The topological polar surface area (TPSA) is 12.0 Å². The van der Waals surface area contributed by atoms with Crippen molar-refractivity contribution in [3.05, 3.63) is 0 Å². The molecule has 1 N–H and O–H groups in total. The summed E-state index contributed by atoms with van der Waals surface area (Å²) in [4.78, 5) is 0. The minimum atomic E-state index is -2.42. The van der Waals surface area contributed by atoms with Gasteiger partial charge in [0.25, 0.3) is 5.92 Å². The summed E-state index contributed by atoms with van der Waals surface area (Å²) in [5.74, 6) is -2.55. The Labute approximate surface area is 97.0 Å². The summed E-state index contributed by atoms with van der Waals surface area (Å²) in [6.45, 7) is 1.72. The molecule has 0 radical (unpaired) electrons. The molecule has 1 aliphatic heterocycles. The van der Waals surface area contributed by atoms with Crippen molar-refractivity contribution in [3.8, 4) is 0 Å². The molecule has 1 atom stereocenters. The monoisotopic (exact) mass is 231 g/mol. The Bertz CT molecular complexity index is 204. The van der Waals surface area contributed by atoms with Gasteiger partial charge < -0.3 is 5.32 Å². The highest BCUT2D eigenvalue weighted by Gasteiger charge is 2.41. The molecule has 1 nitrogen and oxygen atoms in total. The quantitative estimate of drug-likeness (QED) is 0.732. The van der Waals surface area contributed by atoms with Crippen molar-refractivity contribution >= 4 is 0 Å². The van der Waals surface area contributed by atoms with Crippen LogP contribution < -0.4 is 5.32 Å². The van der Waals surface area contributed by atoms with Gasteiger partial charge >= 0.3 is 0 Å². The highest BCUT2D eigenvalue weighted by molar-refractivity contribution is 4.84. The van der Waals surface area contributed by atoms with Gasteiger partial charge in [-0.3, -0.25) is 0 Å². The van der Waals surface area contributed by atoms with E-state index >= 15 is 0 Å². The lowest BCUT2D eigenvalue weighted by Crippen LogP contribution is -2.31. The molecular weight excluding hydrogens is 208 g/mol. The Balaban J connectivity index is 1.87. The van der Waals surface area contributed by atoms with Gasteiger partial charge in [-0.25, -0.2) is 8.78 Å². The van der Waals surface area contributed by atoms with Crippen molar-refractivity contribution in [2.24, 2.45) is 11.8 Å². The predicted octanol–water partition coefficient (Wildman–Crippen LogP) is 3.59. The van der Waals surface area contributed by atoms with Crippen molar-refractivity contribution in [1.29, 1.82) is 0 Å². The molecule has 94 valence electrons. The van der Waals surface area contributed by atoms with Crippen LogP contribution in [0, 0.1) is 11.8 Å². The van der Waals surface area contributed by atoms with E-state index in [0.29, 0.717) is 0 Å². The third kappa shape index (κ3) is 3.16. The molecule has 0 bridgehead atoms. The molecule has 0 aromatic carbocycles. The van der Waals surface area contributed by atoms with E-state index in [1.165, 1.54) is 0 Å². The largest absolute Gasteiger partial charge is 0.316 e. The Morgan fingerprint density at radius 3 is 2.25 bits per heavy atom. The van der Waals surface area contributed by atoms with Crippen LogP contribution in [-0.2, 0) is 0 Å². The summed E-state index contributed by atoms with van der Waals surface area (Å²) < 4.78 is 28.2. The van der Waals surface area contributed by atoms with E-state index in [2.05, 4.69) is 5.32 Å². The van der Waals surface area contributed by atoms with Crippen molar-refractivity contribution in [2.45, 2.75) is 57.3 Å². The normalized spacial score (nSPS) is 29.2. The first-order valence-electron chi connectivity index (χ1n) is 6.77. The second kappa shape index (κ2) is 5.44. The third-order valence-corrected chi connectivity index (χ3v) is 4.18. The van der Waals surface area contributed by atoms with Crippen LogP contribution in [0.3, 0.4) is 0 Å². The molecule has 2 aliphatic rings. The summed E-state index contributed by atoms with van der Waals surface area (Å²) in [7, 11) is 0. The average molecular weight is 231 g/mol. The fourth-order valence-electron chi connectivity index (χ4n) is 3.14. The van der Waals surface area contributed by atoms with E-state index in [-0.39, 0.29) is 18.3 Å². The summed E-state index contributed by atoms with van der Waals surface area (Å²) in [5, 5.41) is 3.18. The standard InChI is InChI=1S/C13H23F2N/c14-13(15,9-11-7-8-16-10-11)12-5-3-1-2-4-6-12/h11-12,16H,1-10H2. The van der Waals surface area contributed by atoms with Crippen molar-refractivity contribution in [2.75, 3.05) is 13.1 Å². The lowest BCUT2D eigenvalue weighted by Gasteiger charge is -2.28. The maximum absolute atomic E-state index is 14.1. The van der Waals surface area contributed by atoms with Crippen molar-refractivity contribution in [1.82, 2.24) is 5.32 Å². The molecule has 0 aromatic rings. The maximum Gasteiger partial charge on any atom is 0.251 e. The van der Waals surface area contributed by atoms with Crippen LogP contribution in [0.1, 0.15) is 51.4 Å². The number of nitrogens with one attached hydrogen (secondary N) is 1. The fraction of sp³-hybridized carbons (Fsp3) is 1.00. The van der Waals surface area contributed by atoms with Gasteiger partial charge in [-0.1, -0.05) is 25.7 Å². The van der Waals surface area contributed by atoms with E-state index in [1.807, 2.05) is 0 Å². The van der Waals surface area contributed by atoms with Gasteiger partial charge in [-0.15, -0.1) is 0 Å². The van der Waals surface area contributed by atoms with Crippen LogP contribution in [0.15, 0.2) is 0 Å². The SMILES string of the molecule is FC(F)(CC1CCNC1)C1CCCCCC1. The van der Waals surface area contributed by atoms with E-state index in [1.54, 1.807) is 0 Å². The molecular formula is C13H23F2N. The van der Waals surface area contributed by atoms with Crippen LogP contribution in [-0.4, -0.2) is 19.0 Å². The zero-order valence-corrected chi connectivity index (χ0v) is 9.98. The highest BCUT2D eigenvalue weighted by Crippen LogP contribution is 2.40. The minimum absolute atomic E-state index is 0.116. The van der Waals surface area contributed by atoms with Gasteiger partial charge in [-0.05, 0) is 38.3 Å². The van der Waals surface area contributed by atoms with E-state index in [9.17, 15) is 8.78 Å². The van der Waals surface area contributed by atoms with Crippen LogP contribution in [0.2, 0.25) is 0 Å². The Kier molecular flexibility index (Phi) is 4.17. The molecule has 1 unspecified atom stereocenters. The van der Waals surface area contributed by atoms with Gasteiger partial charge in [0.2, 0.25) is 0 Å². The second-order valence-corrected chi connectivity index (χ2v) is 5.51. The zero-order valence-electron chi connectivity index (χ0n) is 9.98. The Morgan fingerprint density at radius 1 is 1.00 bits per heavy atom. The summed E-state index contributed by atoms with van der Waals surface area (Å²) >= 11 is 0. The van der Waals surface area contributed by atoms with Crippen LogP contribution in [0.25, 0.3) is 0 Å². The van der Waals surface area contributed by atoms with Crippen LogP contribution >= 0.6 is 0 Å². The molecule has 0 amide bonds. The summed E-state index contributed by atoms with van der Waals surface area (Å²) in [5.41, 5.74) is 0. The van der Waals surface area contributed by atoms with E-state index < -0.39 is 5.92 Å². The minimum Gasteiger partial charge on any atom is -0.316 e. The Hall–Kier alpha value is -0.180. The van der Waals surface area contributed by atoms with Crippen molar-refractivity contribution in [3.63, 3.8) is 0 Å². The summed E-state index contributed by atoms with van der Waals surface area (Å²) in [6.07, 6.45) is 6.84. The highest BCUT2D eigenvalue weighted by atomic mass is 19.3. The molecule has 2 rings (SSSR count). The third-order valence-electron chi connectivity index (χ3n) is 4.18. The lowest BCUT2D eigenvalue weighted by atomic mass is 9.86. The molecule has 1 heterocycles. The molecule has 1 saturated carbocycles. The first kappa shape index (κ1) is 12.3. The number of halogens is 2. The van der Waals surface area contributed by atoms with E-state index in [0.717, 1.165) is 58.0 Å². The summed E-state index contributed by atoms with van der Waals surface area (Å²) in [6, 6.07) is 0. The Morgan fingerprint density at radius 2 is 1.69 bits per heavy atom.